The lowest BCUT2D eigenvalue weighted by Crippen LogP contribution is -2.38. The van der Waals surface area contributed by atoms with E-state index in [0.29, 0.717) is 19.8 Å². The first-order chi connectivity index (χ1) is 11.7. The minimum Gasteiger partial charge on any atom is -0.377 e. The minimum absolute atomic E-state index is 0. The first-order valence-corrected chi connectivity index (χ1v) is 8.94. The lowest BCUT2D eigenvalue weighted by molar-refractivity contribution is 0.0199. The van der Waals surface area contributed by atoms with Gasteiger partial charge in [0.05, 0.1) is 25.9 Å². The molecule has 1 N–H and O–H groups in total. The van der Waals surface area contributed by atoms with Crippen molar-refractivity contribution in [2.45, 2.75) is 39.3 Å². The summed E-state index contributed by atoms with van der Waals surface area (Å²) in [7, 11) is 2.07. The van der Waals surface area contributed by atoms with Gasteiger partial charge in [-0.05, 0) is 37.8 Å². The molecule has 1 aliphatic heterocycles. The smallest absolute Gasteiger partial charge is 0.194 e. The second kappa shape index (κ2) is 12.5. The van der Waals surface area contributed by atoms with Gasteiger partial charge in [0.25, 0.3) is 0 Å². The highest BCUT2D eigenvalue weighted by atomic mass is 127. The van der Waals surface area contributed by atoms with Gasteiger partial charge in [-0.1, -0.05) is 24.3 Å². The van der Waals surface area contributed by atoms with E-state index in [9.17, 15) is 0 Å². The molecule has 0 amide bonds. The molecule has 1 unspecified atom stereocenters. The van der Waals surface area contributed by atoms with Crippen LogP contribution in [-0.4, -0.2) is 56.9 Å². The first-order valence-electron chi connectivity index (χ1n) is 8.94. The van der Waals surface area contributed by atoms with Crippen LogP contribution >= 0.6 is 24.0 Å². The molecule has 0 spiro atoms. The number of nitrogens with zero attached hydrogens (tertiary/aromatic N) is 2. The van der Waals surface area contributed by atoms with Crippen LogP contribution in [-0.2, 0) is 16.0 Å². The van der Waals surface area contributed by atoms with Gasteiger partial charge in [0.1, 0.15) is 0 Å². The number of rotatable bonds is 8. The maximum Gasteiger partial charge on any atom is 0.194 e. The molecule has 0 saturated carbocycles. The van der Waals surface area contributed by atoms with E-state index in [4.69, 9.17) is 9.47 Å². The van der Waals surface area contributed by atoms with Crippen LogP contribution in [0.2, 0.25) is 0 Å². The highest BCUT2D eigenvalue weighted by Crippen LogP contribution is 2.12. The van der Waals surface area contributed by atoms with Gasteiger partial charge in [-0.2, -0.15) is 0 Å². The molecule has 6 heteroatoms. The summed E-state index contributed by atoms with van der Waals surface area (Å²) >= 11 is 0. The Hall–Kier alpha value is -0.860. The number of guanidine groups is 1. The number of nitrogens with one attached hydrogen (secondary N) is 1. The quantitative estimate of drug-likeness (QED) is 0.280. The van der Waals surface area contributed by atoms with Crippen LogP contribution < -0.4 is 5.32 Å². The van der Waals surface area contributed by atoms with E-state index in [1.165, 1.54) is 11.1 Å². The molecule has 25 heavy (non-hydrogen) atoms. The van der Waals surface area contributed by atoms with E-state index in [2.05, 4.69) is 60.4 Å². The van der Waals surface area contributed by atoms with Crippen LogP contribution in [0.1, 0.15) is 30.9 Å². The fraction of sp³-hybridized carbons (Fsp3) is 0.632. The maximum atomic E-state index is 5.68. The zero-order valence-corrected chi connectivity index (χ0v) is 18.0. The summed E-state index contributed by atoms with van der Waals surface area (Å²) < 4.78 is 11.2. The zero-order chi connectivity index (χ0) is 17.2. The molecular formula is C19H32IN3O2. The fourth-order valence-electron chi connectivity index (χ4n) is 2.79. The van der Waals surface area contributed by atoms with E-state index < -0.39 is 0 Å². The van der Waals surface area contributed by atoms with Crippen LogP contribution in [0.15, 0.2) is 29.3 Å². The van der Waals surface area contributed by atoms with Crippen LogP contribution in [0, 0.1) is 6.92 Å². The average molecular weight is 461 g/mol. The average Bonchev–Trinajstić information content (AvgIpc) is 3.09. The van der Waals surface area contributed by atoms with Crippen molar-refractivity contribution in [3.63, 3.8) is 0 Å². The molecule has 1 aromatic carbocycles. The van der Waals surface area contributed by atoms with Crippen molar-refractivity contribution in [3.05, 3.63) is 35.4 Å². The van der Waals surface area contributed by atoms with Crippen LogP contribution in [0.25, 0.3) is 0 Å². The van der Waals surface area contributed by atoms with Crippen LogP contribution in [0.3, 0.4) is 0 Å². The lowest BCUT2D eigenvalue weighted by Gasteiger charge is -2.23. The van der Waals surface area contributed by atoms with Gasteiger partial charge in [0, 0.05) is 26.7 Å². The van der Waals surface area contributed by atoms with E-state index in [0.717, 1.165) is 38.5 Å². The third-order valence-electron chi connectivity index (χ3n) is 4.19. The Labute approximate surface area is 169 Å². The van der Waals surface area contributed by atoms with E-state index >= 15 is 0 Å². The molecule has 1 atom stereocenters. The predicted octanol–water partition coefficient (Wildman–Crippen LogP) is 3.21. The van der Waals surface area contributed by atoms with Crippen molar-refractivity contribution in [2.24, 2.45) is 4.99 Å². The van der Waals surface area contributed by atoms with Crippen LogP contribution in [0.4, 0.5) is 0 Å². The largest absolute Gasteiger partial charge is 0.377 e. The molecule has 1 heterocycles. The second-order valence-corrected chi connectivity index (χ2v) is 6.23. The van der Waals surface area contributed by atoms with Gasteiger partial charge in [-0.3, -0.25) is 4.99 Å². The first kappa shape index (κ1) is 22.2. The van der Waals surface area contributed by atoms with Crippen LogP contribution in [0.5, 0.6) is 0 Å². The molecule has 0 aromatic heterocycles. The van der Waals surface area contributed by atoms with Crippen molar-refractivity contribution >= 4 is 29.9 Å². The van der Waals surface area contributed by atoms with Crippen molar-refractivity contribution in [3.8, 4) is 0 Å². The van der Waals surface area contributed by atoms with E-state index in [1.54, 1.807) is 0 Å². The van der Waals surface area contributed by atoms with Gasteiger partial charge < -0.3 is 19.7 Å². The molecule has 2 rings (SSSR count). The SMILES string of the molecule is CCNC(=NCCOCC1CCCO1)N(C)Cc1ccccc1C.I. The number of hydrogen-bond donors (Lipinski definition) is 1. The lowest BCUT2D eigenvalue weighted by atomic mass is 10.1. The Balaban J connectivity index is 0.00000312. The zero-order valence-electron chi connectivity index (χ0n) is 15.7. The molecule has 1 saturated heterocycles. The van der Waals surface area contributed by atoms with Crippen molar-refractivity contribution in [1.82, 2.24) is 10.2 Å². The topological polar surface area (TPSA) is 46.1 Å². The number of hydrogen-bond acceptors (Lipinski definition) is 3. The van der Waals surface area contributed by atoms with Gasteiger partial charge in [-0.15, -0.1) is 24.0 Å². The molecule has 1 aromatic rings. The Bertz CT molecular complexity index is 519. The Morgan fingerprint density at radius 1 is 1.40 bits per heavy atom. The molecule has 0 bridgehead atoms. The highest BCUT2D eigenvalue weighted by molar-refractivity contribution is 14.0. The summed E-state index contributed by atoms with van der Waals surface area (Å²) in [5.74, 6) is 0.918. The van der Waals surface area contributed by atoms with Gasteiger partial charge >= 0.3 is 0 Å². The Morgan fingerprint density at radius 2 is 2.20 bits per heavy atom. The summed E-state index contributed by atoms with van der Waals surface area (Å²) in [5, 5.41) is 3.35. The van der Waals surface area contributed by atoms with Crippen molar-refractivity contribution < 1.29 is 9.47 Å². The molecule has 0 aliphatic carbocycles. The van der Waals surface area contributed by atoms with Crippen molar-refractivity contribution in [1.29, 1.82) is 0 Å². The molecule has 0 radical (unpaired) electrons. The maximum absolute atomic E-state index is 5.68. The summed E-state index contributed by atoms with van der Waals surface area (Å²) in [5.41, 5.74) is 2.63. The third-order valence-corrected chi connectivity index (χ3v) is 4.19. The third kappa shape index (κ3) is 7.92. The molecule has 142 valence electrons. The van der Waals surface area contributed by atoms with Crippen molar-refractivity contribution in [2.75, 3.05) is 40.0 Å². The number of ether oxygens (including phenoxy) is 2. The van der Waals surface area contributed by atoms with Gasteiger partial charge in [0.2, 0.25) is 0 Å². The summed E-state index contributed by atoms with van der Waals surface area (Å²) in [6.07, 6.45) is 2.55. The molecule has 1 fully saturated rings. The normalized spacial score (nSPS) is 17.2. The number of halogens is 1. The molecular weight excluding hydrogens is 429 g/mol. The summed E-state index contributed by atoms with van der Waals surface area (Å²) in [6, 6.07) is 8.47. The predicted molar refractivity (Wildman–Crippen MR) is 114 cm³/mol. The monoisotopic (exact) mass is 461 g/mol. The Kier molecular flexibility index (Phi) is 11.1. The second-order valence-electron chi connectivity index (χ2n) is 6.23. The minimum atomic E-state index is 0. The number of aliphatic imine (C=N–C) groups is 1. The van der Waals surface area contributed by atoms with Gasteiger partial charge in [0.15, 0.2) is 5.96 Å². The molecule has 1 aliphatic rings. The fourth-order valence-corrected chi connectivity index (χ4v) is 2.79. The number of benzene rings is 1. The standard InChI is InChI=1S/C19H31N3O2.HI/c1-4-20-19(21-11-13-23-15-18-10-7-12-24-18)22(3)14-17-9-6-5-8-16(17)2;/h5-6,8-9,18H,4,7,10-15H2,1-3H3,(H,20,21);1H. The summed E-state index contributed by atoms with van der Waals surface area (Å²) in [6.45, 7) is 8.78. The molecule has 5 nitrogen and oxygen atoms in total. The summed E-state index contributed by atoms with van der Waals surface area (Å²) in [4.78, 5) is 6.83. The Morgan fingerprint density at radius 3 is 2.88 bits per heavy atom. The highest BCUT2D eigenvalue weighted by Gasteiger charge is 2.15. The van der Waals surface area contributed by atoms with E-state index in [-0.39, 0.29) is 30.1 Å². The van der Waals surface area contributed by atoms with E-state index in [1.807, 2.05) is 0 Å². The number of aryl methyl sites for hydroxylation is 1. The van der Waals surface area contributed by atoms with Gasteiger partial charge in [-0.25, -0.2) is 0 Å².